The Kier molecular flexibility index (Phi) is 5.15. The molecule has 1 aromatic rings. The van der Waals surface area contributed by atoms with E-state index in [1.807, 2.05) is 6.07 Å². The van der Waals surface area contributed by atoms with Gasteiger partial charge in [0.25, 0.3) is 0 Å². The number of hydrogen-bond donors (Lipinski definition) is 0. The van der Waals surface area contributed by atoms with Crippen LogP contribution in [0.5, 0.6) is 0 Å². The van der Waals surface area contributed by atoms with Gasteiger partial charge in [0.1, 0.15) is 5.82 Å². The second kappa shape index (κ2) is 6.64. The van der Waals surface area contributed by atoms with Crippen LogP contribution in [-0.4, -0.2) is 30.7 Å². The molecule has 1 saturated heterocycles. The van der Waals surface area contributed by atoms with E-state index in [4.69, 9.17) is 4.74 Å². The molecule has 0 saturated carbocycles. The summed E-state index contributed by atoms with van der Waals surface area (Å²) < 4.78 is 19.8. The lowest BCUT2D eigenvalue weighted by molar-refractivity contribution is 0.0724. The van der Waals surface area contributed by atoms with Gasteiger partial charge < -0.3 is 4.74 Å². The summed E-state index contributed by atoms with van der Waals surface area (Å²) in [7, 11) is 0. The number of nitrogens with zero attached hydrogens (tertiary/aromatic N) is 1. The Labute approximate surface area is 116 Å². The number of ether oxygens (including phenoxy) is 1. The number of halogens is 2. The molecule has 0 aliphatic carbocycles. The highest BCUT2D eigenvalue weighted by Gasteiger charge is 2.18. The second-order valence-corrected chi connectivity index (χ2v) is 5.66. The van der Waals surface area contributed by atoms with Gasteiger partial charge in [0.05, 0.1) is 6.10 Å². The molecule has 1 aliphatic rings. The Balaban J connectivity index is 1.95. The molecule has 0 N–H and O–H groups in total. The fourth-order valence-corrected chi connectivity index (χ4v) is 2.85. The third-order valence-electron chi connectivity index (χ3n) is 3.26. The van der Waals surface area contributed by atoms with E-state index in [1.165, 1.54) is 6.07 Å². The highest BCUT2D eigenvalue weighted by Crippen LogP contribution is 2.18. The van der Waals surface area contributed by atoms with Crippen molar-refractivity contribution in [2.45, 2.75) is 32.4 Å². The largest absolute Gasteiger partial charge is 0.377 e. The molecular formula is C14H19BrFNO. The minimum atomic E-state index is -0.187. The fourth-order valence-electron chi connectivity index (χ4n) is 2.34. The first-order chi connectivity index (χ1) is 8.67. The molecule has 18 heavy (non-hydrogen) atoms. The molecule has 2 rings (SSSR count). The summed E-state index contributed by atoms with van der Waals surface area (Å²) in [6, 6.07) is 5.06. The van der Waals surface area contributed by atoms with Crippen molar-refractivity contribution >= 4 is 15.9 Å². The van der Waals surface area contributed by atoms with Crippen molar-refractivity contribution in [2.75, 3.05) is 19.7 Å². The summed E-state index contributed by atoms with van der Waals surface area (Å²) in [5, 5.41) is 0. The predicted molar refractivity (Wildman–Crippen MR) is 74.0 cm³/mol. The SMILES string of the molecule is CCN(Cc1cc(F)cc(Br)c1)CC1CCCO1. The van der Waals surface area contributed by atoms with Gasteiger partial charge in [0.15, 0.2) is 0 Å². The van der Waals surface area contributed by atoms with Crippen molar-refractivity contribution in [2.24, 2.45) is 0 Å². The maximum atomic E-state index is 13.3. The second-order valence-electron chi connectivity index (χ2n) is 4.74. The molecule has 1 fully saturated rings. The van der Waals surface area contributed by atoms with Gasteiger partial charge in [-0.25, -0.2) is 4.39 Å². The minimum absolute atomic E-state index is 0.187. The van der Waals surface area contributed by atoms with Crippen LogP contribution in [0.15, 0.2) is 22.7 Å². The van der Waals surface area contributed by atoms with Crippen LogP contribution in [-0.2, 0) is 11.3 Å². The predicted octanol–water partition coefficient (Wildman–Crippen LogP) is 3.59. The molecule has 4 heteroatoms. The fraction of sp³-hybridized carbons (Fsp3) is 0.571. The maximum Gasteiger partial charge on any atom is 0.124 e. The maximum absolute atomic E-state index is 13.3. The zero-order valence-corrected chi connectivity index (χ0v) is 12.2. The van der Waals surface area contributed by atoms with E-state index >= 15 is 0 Å². The normalized spacial score (nSPS) is 19.7. The Hall–Kier alpha value is -0.450. The van der Waals surface area contributed by atoms with Gasteiger partial charge in [-0.1, -0.05) is 22.9 Å². The van der Waals surface area contributed by atoms with E-state index in [-0.39, 0.29) is 5.82 Å². The number of hydrogen-bond acceptors (Lipinski definition) is 2. The summed E-state index contributed by atoms with van der Waals surface area (Å²) in [6.45, 7) is 5.67. The van der Waals surface area contributed by atoms with E-state index in [9.17, 15) is 4.39 Å². The average Bonchev–Trinajstić information content (AvgIpc) is 2.79. The van der Waals surface area contributed by atoms with E-state index in [1.54, 1.807) is 6.07 Å². The van der Waals surface area contributed by atoms with Crippen LogP contribution in [0.25, 0.3) is 0 Å². The summed E-state index contributed by atoms with van der Waals surface area (Å²) >= 11 is 3.33. The summed E-state index contributed by atoms with van der Waals surface area (Å²) in [4.78, 5) is 2.30. The van der Waals surface area contributed by atoms with E-state index in [2.05, 4.69) is 27.8 Å². The van der Waals surface area contributed by atoms with Gasteiger partial charge in [0, 0.05) is 24.2 Å². The Morgan fingerprint density at radius 3 is 2.89 bits per heavy atom. The molecule has 1 atom stereocenters. The molecule has 2 nitrogen and oxygen atoms in total. The standard InChI is InChI=1S/C14H19BrFNO/c1-2-17(10-14-4-3-5-18-14)9-11-6-12(15)8-13(16)7-11/h6-8,14H,2-5,9-10H2,1H3. The van der Waals surface area contributed by atoms with Gasteiger partial charge in [-0.15, -0.1) is 0 Å². The van der Waals surface area contributed by atoms with Crippen molar-refractivity contribution in [3.8, 4) is 0 Å². The first-order valence-electron chi connectivity index (χ1n) is 6.46. The van der Waals surface area contributed by atoms with Crippen LogP contribution in [0.4, 0.5) is 4.39 Å². The van der Waals surface area contributed by atoms with E-state index < -0.39 is 0 Å². The molecule has 1 unspecified atom stereocenters. The molecule has 1 heterocycles. The number of benzene rings is 1. The van der Waals surface area contributed by atoms with E-state index in [0.717, 1.165) is 49.1 Å². The average molecular weight is 316 g/mol. The summed E-state index contributed by atoms with van der Waals surface area (Å²) in [5.41, 5.74) is 1.00. The van der Waals surface area contributed by atoms with Crippen molar-refractivity contribution in [1.29, 1.82) is 0 Å². The highest BCUT2D eigenvalue weighted by molar-refractivity contribution is 9.10. The lowest BCUT2D eigenvalue weighted by Crippen LogP contribution is -2.31. The smallest absolute Gasteiger partial charge is 0.124 e. The topological polar surface area (TPSA) is 12.5 Å². The molecule has 1 aromatic carbocycles. The van der Waals surface area contributed by atoms with Gasteiger partial charge in [-0.2, -0.15) is 0 Å². The van der Waals surface area contributed by atoms with Crippen molar-refractivity contribution < 1.29 is 9.13 Å². The summed E-state index contributed by atoms with van der Waals surface area (Å²) in [6.07, 6.45) is 2.65. The lowest BCUT2D eigenvalue weighted by Gasteiger charge is -2.23. The van der Waals surface area contributed by atoms with Gasteiger partial charge in [-0.05, 0) is 43.1 Å². The molecule has 100 valence electrons. The molecule has 0 radical (unpaired) electrons. The van der Waals surface area contributed by atoms with Crippen LogP contribution in [0, 0.1) is 5.82 Å². The number of rotatable bonds is 5. The van der Waals surface area contributed by atoms with Gasteiger partial charge in [-0.3, -0.25) is 4.90 Å². The molecular weight excluding hydrogens is 297 g/mol. The van der Waals surface area contributed by atoms with E-state index in [0.29, 0.717) is 6.10 Å². The molecule has 0 spiro atoms. The molecule has 0 bridgehead atoms. The third kappa shape index (κ3) is 4.04. The number of likely N-dealkylation sites (N-methyl/N-ethyl adjacent to an activating group) is 1. The molecule has 0 amide bonds. The van der Waals surface area contributed by atoms with Crippen molar-refractivity contribution in [3.05, 3.63) is 34.1 Å². The molecule has 0 aromatic heterocycles. The van der Waals surface area contributed by atoms with Crippen molar-refractivity contribution in [1.82, 2.24) is 4.90 Å². The van der Waals surface area contributed by atoms with Crippen LogP contribution < -0.4 is 0 Å². The quantitative estimate of drug-likeness (QED) is 0.823. The van der Waals surface area contributed by atoms with Crippen LogP contribution in [0.1, 0.15) is 25.3 Å². The molecule has 1 aliphatic heterocycles. The monoisotopic (exact) mass is 315 g/mol. The van der Waals surface area contributed by atoms with Gasteiger partial charge in [0.2, 0.25) is 0 Å². The Morgan fingerprint density at radius 1 is 1.44 bits per heavy atom. The van der Waals surface area contributed by atoms with Crippen LogP contribution >= 0.6 is 15.9 Å². The lowest BCUT2D eigenvalue weighted by atomic mass is 10.2. The Bertz CT molecular complexity index is 373. The zero-order valence-electron chi connectivity index (χ0n) is 10.7. The first kappa shape index (κ1) is 14.0. The summed E-state index contributed by atoms with van der Waals surface area (Å²) in [5.74, 6) is -0.187. The minimum Gasteiger partial charge on any atom is -0.377 e. The van der Waals surface area contributed by atoms with Crippen LogP contribution in [0.3, 0.4) is 0 Å². The third-order valence-corrected chi connectivity index (χ3v) is 3.72. The van der Waals surface area contributed by atoms with Gasteiger partial charge >= 0.3 is 0 Å². The van der Waals surface area contributed by atoms with Crippen molar-refractivity contribution in [3.63, 3.8) is 0 Å². The Morgan fingerprint density at radius 2 is 2.28 bits per heavy atom. The van der Waals surface area contributed by atoms with Crippen LogP contribution in [0.2, 0.25) is 0 Å². The zero-order chi connectivity index (χ0) is 13.0. The highest BCUT2D eigenvalue weighted by atomic mass is 79.9. The first-order valence-corrected chi connectivity index (χ1v) is 7.25.